The first-order valence-corrected chi connectivity index (χ1v) is 8.87. The molecule has 1 aromatic rings. The normalized spacial score (nSPS) is 22.8. The smallest absolute Gasteiger partial charge is 0.250 e. The van der Waals surface area contributed by atoms with E-state index in [9.17, 15) is 8.42 Å². The summed E-state index contributed by atoms with van der Waals surface area (Å²) in [5.41, 5.74) is 0.0260. The first-order valence-electron chi connectivity index (χ1n) is 6.57. The predicted octanol–water partition coefficient (Wildman–Crippen LogP) is 2.14. The zero-order valence-corrected chi connectivity index (χ0v) is 13.0. The molecule has 0 radical (unpaired) electrons. The third kappa shape index (κ3) is 3.37. The van der Waals surface area contributed by atoms with Crippen LogP contribution >= 0.6 is 11.3 Å². The van der Waals surface area contributed by atoms with Gasteiger partial charge in [-0.15, -0.1) is 11.3 Å². The largest absolute Gasteiger partial charge is 0.396 e. The summed E-state index contributed by atoms with van der Waals surface area (Å²) in [5, 5.41) is 8.87. The zero-order chi connectivity index (χ0) is 14.1. The number of aliphatic hydroxyl groups is 1. The van der Waals surface area contributed by atoms with Gasteiger partial charge in [0.05, 0.1) is 0 Å². The Labute approximate surface area is 118 Å². The van der Waals surface area contributed by atoms with Crippen LogP contribution in [0.5, 0.6) is 0 Å². The van der Waals surface area contributed by atoms with Crippen molar-refractivity contribution < 1.29 is 13.5 Å². The van der Waals surface area contributed by atoms with Gasteiger partial charge in [0.15, 0.2) is 0 Å². The molecule has 0 bridgehead atoms. The summed E-state index contributed by atoms with van der Waals surface area (Å²) in [6.07, 6.45) is 3.54. The van der Waals surface area contributed by atoms with Gasteiger partial charge in [-0.2, -0.15) is 0 Å². The van der Waals surface area contributed by atoms with Crippen molar-refractivity contribution in [3.05, 3.63) is 17.0 Å². The van der Waals surface area contributed by atoms with Gasteiger partial charge in [-0.3, -0.25) is 0 Å². The van der Waals surface area contributed by atoms with Gasteiger partial charge in [-0.05, 0) is 30.4 Å². The summed E-state index contributed by atoms with van der Waals surface area (Å²) in [5.74, 6) is 0. The molecule has 0 amide bonds. The van der Waals surface area contributed by atoms with E-state index < -0.39 is 10.0 Å². The highest BCUT2D eigenvalue weighted by Gasteiger charge is 2.37. The van der Waals surface area contributed by atoms with Crippen molar-refractivity contribution in [2.45, 2.75) is 49.8 Å². The second-order valence-electron chi connectivity index (χ2n) is 5.75. The monoisotopic (exact) mass is 303 g/mol. The van der Waals surface area contributed by atoms with E-state index in [-0.39, 0.29) is 18.1 Å². The molecular weight excluding hydrogens is 282 g/mol. The topological polar surface area (TPSA) is 66.4 Å². The van der Waals surface area contributed by atoms with Gasteiger partial charge >= 0.3 is 0 Å². The van der Waals surface area contributed by atoms with Crippen molar-refractivity contribution in [3.8, 4) is 0 Å². The Kier molecular flexibility index (Phi) is 4.35. The highest BCUT2D eigenvalue weighted by molar-refractivity contribution is 7.91. The SMILES string of the molecule is CC1(C)CCCC1NS(=O)(=O)c1ccc(CCO)s1. The van der Waals surface area contributed by atoms with E-state index >= 15 is 0 Å². The number of rotatable bonds is 5. The summed E-state index contributed by atoms with van der Waals surface area (Å²) in [7, 11) is -3.43. The standard InChI is InChI=1S/C13H21NO3S2/c1-13(2)8-3-4-11(13)14-19(16,17)12-6-5-10(18-12)7-9-15/h5-6,11,14-15H,3-4,7-9H2,1-2H3. The van der Waals surface area contributed by atoms with Crippen molar-refractivity contribution in [3.63, 3.8) is 0 Å². The quantitative estimate of drug-likeness (QED) is 0.876. The molecule has 4 nitrogen and oxygen atoms in total. The molecule has 1 aliphatic carbocycles. The fourth-order valence-electron chi connectivity index (χ4n) is 2.54. The van der Waals surface area contributed by atoms with E-state index in [4.69, 9.17) is 5.11 Å². The van der Waals surface area contributed by atoms with Gasteiger partial charge < -0.3 is 5.11 Å². The molecular formula is C13H21NO3S2. The van der Waals surface area contributed by atoms with Crippen LogP contribution in [0.3, 0.4) is 0 Å². The molecule has 1 fully saturated rings. The van der Waals surface area contributed by atoms with Gasteiger partial charge in [0.2, 0.25) is 10.0 Å². The molecule has 1 unspecified atom stereocenters. The predicted molar refractivity (Wildman–Crippen MR) is 76.9 cm³/mol. The molecule has 1 heterocycles. The third-order valence-electron chi connectivity index (χ3n) is 3.81. The first kappa shape index (κ1) is 15.0. The minimum absolute atomic E-state index is 0.0147. The molecule has 0 aromatic carbocycles. The van der Waals surface area contributed by atoms with Gasteiger partial charge in [0, 0.05) is 23.9 Å². The number of aliphatic hydroxyl groups excluding tert-OH is 1. The van der Waals surface area contributed by atoms with Gasteiger partial charge in [-0.25, -0.2) is 13.1 Å². The molecule has 0 spiro atoms. The first-order chi connectivity index (χ1) is 8.85. The molecule has 0 saturated heterocycles. The fraction of sp³-hybridized carbons (Fsp3) is 0.692. The van der Waals surface area contributed by atoms with Crippen LogP contribution in [0.2, 0.25) is 0 Å². The van der Waals surface area contributed by atoms with Crippen molar-refractivity contribution in [1.82, 2.24) is 4.72 Å². The van der Waals surface area contributed by atoms with Crippen molar-refractivity contribution in [2.75, 3.05) is 6.61 Å². The van der Waals surface area contributed by atoms with E-state index in [1.165, 1.54) is 11.3 Å². The van der Waals surface area contributed by atoms with Crippen LogP contribution in [-0.2, 0) is 16.4 Å². The average Bonchev–Trinajstić information content (AvgIpc) is 2.88. The second kappa shape index (κ2) is 5.52. The number of sulfonamides is 1. The van der Waals surface area contributed by atoms with E-state index in [2.05, 4.69) is 18.6 Å². The van der Waals surface area contributed by atoms with Crippen LogP contribution in [0.4, 0.5) is 0 Å². The maximum atomic E-state index is 12.3. The number of nitrogens with one attached hydrogen (secondary N) is 1. The van der Waals surface area contributed by atoms with Crippen LogP contribution in [0.1, 0.15) is 38.0 Å². The van der Waals surface area contributed by atoms with Gasteiger partial charge in [-0.1, -0.05) is 20.3 Å². The third-order valence-corrected chi connectivity index (χ3v) is 6.92. The molecule has 6 heteroatoms. The Morgan fingerprint density at radius 1 is 1.47 bits per heavy atom. The maximum absolute atomic E-state index is 12.3. The highest BCUT2D eigenvalue weighted by Crippen LogP contribution is 2.38. The summed E-state index contributed by atoms with van der Waals surface area (Å²) < 4.78 is 27.8. The number of thiophene rings is 1. The van der Waals surface area contributed by atoms with Crippen molar-refractivity contribution >= 4 is 21.4 Å². The molecule has 1 aromatic heterocycles. The Morgan fingerprint density at radius 3 is 2.79 bits per heavy atom. The number of hydrogen-bond acceptors (Lipinski definition) is 4. The molecule has 108 valence electrons. The molecule has 2 N–H and O–H groups in total. The van der Waals surface area contributed by atoms with Crippen molar-refractivity contribution in [2.24, 2.45) is 5.41 Å². The van der Waals surface area contributed by atoms with Crippen LogP contribution in [0.25, 0.3) is 0 Å². The Morgan fingerprint density at radius 2 is 2.21 bits per heavy atom. The van der Waals surface area contributed by atoms with Crippen LogP contribution in [0, 0.1) is 5.41 Å². The summed E-state index contributed by atoms with van der Waals surface area (Å²) >= 11 is 1.24. The molecule has 0 aliphatic heterocycles. The lowest BCUT2D eigenvalue weighted by molar-refractivity contribution is 0.300. The Bertz CT molecular complexity index is 534. The number of hydrogen-bond donors (Lipinski definition) is 2. The molecule has 19 heavy (non-hydrogen) atoms. The minimum Gasteiger partial charge on any atom is -0.396 e. The fourth-order valence-corrected chi connectivity index (χ4v) is 5.34. The van der Waals surface area contributed by atoms with Gasteiger partial charge in [0.25, 0.3) is 0 Å². The zero-order valence-electron chi connectivity index (χ0n) is 11.3. The maximum Gasteiger partial charge on any atom is 0.250 e. The Hall–Kier alpha value is -0.430. The molecule has 1 atom stereocenters. The van der Waals surface area contributed by atoms with E-state index in [1.54, 1.807) is 12.1 Å². The summed E-state index contributed by atoms with van der Waals surface area (Å²) in [6.45, 7) is 4.26. The molecule has 1 aliphatic rings. The van der Waals surface area contributed by atoms with Crippen LogP contribution in [-0.4, -0.2) is 26.2 Å². The summed E-state index contributed by atoms with van der Waals surface area (Å²) in [4.78, 5) is 0.897. The lowest BCUT2D eigenvalue weighted by Crippen LogP contribution is -2.41. The van der Waals surface area contributed by atoms with Crippen LogP contribution in [0.15, 0.2) is 16.3 Å². The molecule has 1 saturated carbocycles. The lowest BCUT2D eigenvalue weighted by Gasteiger charge is -2.27. The van der Waals surface area contributed by atoms with Crippen LogP contribution < -0.4 is 4.72 Å². The highest BCUT2D eigenvalue weighted by atomic mass is 32.2. The van der Waals surface area contributed by atoms with Gasteiger partial charge in [0.1, 0.15) is 4.21 Å². The minimum atomic E-state index is -3.43. The van der Waals surface area contributed by atoms with E-state index in [0.29, 0.717) is 10.6 Å². The lowest BCUT2D eigenvalue weighted by atomic mass is 9.88. The average molecular weight is 303 g/mol. The van der Waals surface area contributed by atoms with E-state index in [0.717, 1.165) is 24.1 Å². The van der Waals surface area contributed by atoms with E-state index in [1.807, 2.05) is 0 Å². The van der Waals surface area contributed by atoms with Crippen molar-refractivity contribution in [1.29, 1.82) is 0 Å². The second-order valence-corrected chi connectivity index (χ2v) is 8.86. The Balaban J connectivity index is 2.13. The summed E-state index contributed by atoms with van der Waals surface area (Å²) in [6, 6.07) is 3.41. The molecule has 2 rings (SSSR count).